The van der Waals surface area contributed by atoms with E-state index in [4.69, 9.17) is 11.6 Å². The van der Waals surface area contributed by atoms with Gasteiger partial charge in [-0.2, -0.15) is 0 Å². The van der Waals surface area contributed by atoms with E-state index in [2.05, 4.69) is 4.98 Å². The molecule has 0 spiro atoms. The van der Waals surface area contributed by atoms with Gasteiger partial charge < -0.3 is 5.11 Å². The van der Waals surface area contributed by atoms with Crippen LogP contribution in [-0.4, -0.2) is 21.8 Å². The Kier molecular flexibility index (Phi) is 5.23. The molecule has 8 heteroatoms. The molecule has 0 aliphatic carbocycles. The van der Waals surface area contributed by atoms with Crippen molar-refractivity contribution in [3.8, 4) is 0 Å². The monoisotopic (exact) mass is 478 g/mol. The van der Waals surface area contributed by atoms with Gasteiger partial charge in [0, 0.05) is 10.6 Å². The number of amides is 1. The maximum absolute atomic E-state index is 13.4. The van der Waals surface area contributed by atoms with Crippen molar-refractivity contribution < 1.29 is 19.1 Å². The Morgan fingerprint density at radius 2 is 1.76 bits per heavy atom. The number of halogens is 2. The van der Waals surface area contributed by atoms with E-state index < -0.39 is 23.5 Å². The lowest BCUT2D eigenvalue weighted by molar-refractivity contribution is -0.132. The Bertz CT molecular complexity index is 1450. The molecule has 1 aromatic heterocycles. The summed E-state index contributed by atoms with van der Waals surface area (Å²) in [5.41, 5.74) is 2.45. The predicted octanol–water partition coefficient (Wildman–Crippen LogP) is 6.02. The molecular weight excluding hydrogens is 463 g/mol. The van der Waals surface area contributed by atoms with E-state index in [0.717, 1.165) is 10.3 Å². The van der Waals surface area contributed by atoms with Crippen LogP contribution in [0, 0.1) is 12.7 Å². The number of aromatic nitrogens is 1. The molecular formula is C25H16ClFN2O3S. The fourth-order valence-corrected chi connectivity index (χ4v) is 5.11. The van der Waals surface area contributed by atoms with Crippen LogP contribution in [0.15, 0.2) is 72.3 Å². The molecule has 1 fully saturated rings. The molecule has 1 aliphatic rings. The lowest BCUT2D eigenvalue weighted by atomic mass is 9.95. The number of hydrogen-bond donors (Lipinski definition) is 1. The summed E-state index contributed by atoms with van der Waals surface area (Å²) in [6.07, 6.45) is 0. The number of fused-ring (bicyclic) bond motifs is 1. The molecule has 3 aromatic carbocycles. The van der Waals surface area contributed by atoms with Gasteiger partial charge in [-0.3, -0.25) is 14.5 Å². The minimum Gasteiger partial charge on any atom is -0.507 e. The minimum absolute atomic E-state index is 0.0762. The van der Waals surface area contributed by atoms with Crippen molar-refractivity contribution in [1.82, 2.24) is 4.98 Å². The van der Waals surface area contributed by atoms with Crippen LogP contribution in [0.5, 0.6) is 0 Å². The number of anilines is 1. The molecule has 4 aromatic rings. The van der Waals surface area contributed by atoms with Crippen molar-refractivity contribution >= 4 is 55.7 Å². The van der Waals surface area contributed by atoms with Gasteiger partial charge in [0.05, 0.1) is 21.8 Å². The molecule has 1 atom stereocenters. The van der Waals surface area contributed by atoms with Crippen molar-refractivity contribution in [2.24, 2.45) is 0 Å². The Morgan fingerprint density at radius 3 is 2.45 bits per heavy atom. The summed E-state index contributed by atoms with van der Waals surface area (Å²) in [5, 5.41) is 11.9. The molecule has 0 saturated carbocycles. The SMILES string of the molecule is Cc1ccc(C2C(=C(O)c3ccc(F)cc3)C(=O)C(=O)N2c2nc3ccc(Cl)cc3s2)cc1. The van der Waals surface area contributed by atoms with Gasteiger partial charge in [-0.25, -0.2) is 9.37 Å². The molecule has 1 N–H and O–H groups in total. The molecule has 1 unspecified atom stereocenters. The summed E-state index contributed by atoms with van der Waals surface area (Å²) in [5.74, 6) is -2.48. The number of hydrogen-bond acceptors (Lipinski definition) is 5. The number of Topliss-reactive ketones (excluding diaryl/α,β-unsaturated/α-hetero) is 1. The first-order chi connectivity index (χ1) is 15.8. The van der Waals surface area contributed by atoms with Gasteiger partial charge in [-0.1, -0.05) is 52.8 Å². The van der Waals surface area contributed by atoms with Crippen LogP contribution in [0.1, 0.15) is 22.7 Å². The number of aryl methyl sites for hydroxylation is 1. The molecule has 5 nitrogen and oxygen atoms in total. The highest BCUT2D eigenvalue weighted by atomic mass is 35.5. The second-order valence-electron chi connectivity index (χ2n) is 7.70. The van der Waals surface area contributed by atoms with Gasteiger partial charge in [0.1, 0.15) is 11.6 Å². The van der Waals surface area contributed by atoms with Crippen molar-refractivity contribution in [1.29, 1.82) is 0 Å². The highest BCUT2D eigenvalue weighted by Crippen LogP contribution is 2.44. The van der Waals surface area contributed by atoms with Crippen LogP contribution >= 0.6 is 22.9 Å². The Balaban J connectivity index is 1.73. The van der Waals surface area contributed by atoms with Crippen LogP contribution in [0.25, 0.3) is 16.0 Å². The molecule has 2 heterocycles. The summed E-state index contributed by atoms with van der Waals surface area (Å²) >= 11 is 7.33. The van der Waals surface area contributed by atoms with Crippen LogP contribution < -0.4 is 4.90 Å². The van der Waals surface area contributed by atoms with Gasteiger partial charge >= 0.3 is 5.91 Å². The predicted molar refractivity (Wildman–Crippen MR) is 127 cm³/mol. The zero-order valence-electron chi connectivity index (χ0n) is 17.3. The number of rotatable bonds is 3. The Hall–Kier alpha value is -3.55. The van der Waals surface area contributed by atoms with Crippen LogP contribution in [-0.2, 0) is 9.59 Å². The third-order valence-electron chi connectivity index (χ3n) is 5.50. The number of nitrogens with zero attached hydrogens (tertiary/aromatic N) is 2. The standard InChI is InChI=1S/C25H16ClFN2O3S/c1-13-2-4-14(5-3-13)21-20(22(30)15-6-9-17(27)10-7-15)23(31)24(32)29(21)25-28-18-11-8-16(26)12-19(18)33-25/h2-12,21,30H,1H3. The van der Waals surface area contributed by atoms with Gasteiger partial charge in [-0.15, -0.1) is 0 Å². The van der Waals surface area contributed by atoms with Gasteiger partial charge in [0.15, 0.2) is 5.13 Å². The number of aliphatic hydroxyl groups excluding tert-OH is 1. The fraction of sp³-hybridized carbons (Fsp3) is 0.0800. The van der Waals surface area contributed by atoms with E-state index in [1.165, 1.54) is 40.5 Å². The number of thiazole rings is 1. The van der Waals surface area contributed by atoms with Crippen LogP contribution in [0.4, 0.5) is 9.52 Å². The summed E-state index contributed by atoms with van der Waals surface area (Å²) in [6.45, 7) is 1.93. The van der Waals surface area contributed by atoms with Crippen LogP contribution in [0.3, 0.4) is 0 Å². The quantitative estimate of drug-likeness (QED) is 0.222. The highest BCUT2D eigenvalue weighted by molar-refractivity contribution is 7.22. The topological polar surface area (TPSA) is 70.5 Å². The summed E-state index contributed by atoms with van der Waals surface area (Å²) in [7, 11) is 0. The molecule has 1 amide bonds. The maximum atomic E-state index is 13.4. The smallest absolute Gasteiger partial charge is 0.301 e. The second-order valence-corrected chi connectivity index (χ2v) is 9.14. The van der Waals surface area contributed by atoms with E-state index in [9.17, 15) is 19.1 Å². The van der Waals surface area contributed by atoms with E-state index >= 15 is 0 Å². The first-order valence-corrected chi connectivity index (χ1v) is 11.2. The molecule has 1 saturated heterocycles. The lowest BCUT2D eigenvalue weighted by Crippen LogP contribution is -2.29. The number of carbonyl (C=O) groups excluding carboxylic acids is 2. The van der Waals surface area contributed by atoms with Crippen molar-refractivity contribution in [3.63, 3.8) is 0 Å². The lowest BCUT2D eigenvalue weighted by Gasteiger charge is -2.23. The zero-order valence-corrected chi connectivity index (χ0v) is 18.8. The van der Waals surface area contributed by atoms with Crippen molar-refractivity contribution in [2.45, 2.75) is 13.0 Å². The Labute approximate surface area is 197 Å². The molecule has 1 aliphatic heterocycles. The molecule has 33 heavy (non-hydrogen) atoms. The van der Waals surface area contributed by atoms with Crippen molar-refractivity contribution in [2.75, 3.05) is 4.90 Å². The average Bonchev–Trinajstić information content (AvgIpc) is 3.32. The van der Waals surface area contributed by atoms with Gasteiger partial charge in [0.2, 0.25) is 0 Å². The average molecular weight is 479 g/mol. The zero-order chi connectivity index (χ0) is 23.3. The summed E-state index contributed by atoms with van der Waals surface area (Å²) in [4.78, 5) is 32.2. The van der Waals surface area contributed by atoms with E-state index in [1.54, 1.807) is 30.3 Å². The highest BCUT2D eigenvalue weighted by Gasteiger charge is 2.48. The first-order valence-electron chi connectivity index (χ1n) is 10.0. The summed E-state index contributed by atoms with van der Waals surface area (Å²) < 4.78 is 14.2. The largest absolute Gasteiger partial charge is 0.507 e. The fourth-order valence-electron chi connectivity index (χ4n) is 3.85. The van der Waals surface area contributed by atoms with E-state index in [-0.39, 0.29) is 16.9 Å². The van der Waals surface area contributed by atoms with Crippen LogP contribution in [0.2, 0.25) is 5.02 Å². The van der Waals surface area contributed by atoms with Gasteiger partial charge in [0.25, 0.3) is 5.78 Å². The number of carbonyl (C=O) groups is 2. The third kappa shape index (κ3) is 3.69. The van der Waals surface area contributed by atoms with Crippen molar-refractivity contribution in [3.05, 3.63) is 99.8 Å². The molecule has 164 valence electrons. The molecule has 5 rings (SSSR count). The normalized spacial score (nSPS) is 17.8. The Morgan fingerprint density at radius 1 is 1.06 bits per heavy atom. The van der Waals surface area contributed by atoms with E-state index in [0.29, 0.717) is 21.2 Å². The number of aliphatic hydroxyl groups is 1. The number of benzene rings is 3. The molecule has 0 bridgehead atoms. The third-order valence-corrected chi connectivity index (χ3v) is 6.75. The summed E-state index contributed by atoms with van der Waals surface area (Å²) in [6, 6.07) is 16.7. The van der Waals surface area contributed by atoms with E-state index in [1.807, 2.05) is 19.1 Å². The molecule has 0 radical (unpaired) electrons. The number of ketones is 1. The first kappa shape index (κ1) is 21.3. The second kappa shape index (κ2) is 8.10. The van der Waals surface area contributed by atoms with Gasteiger partial charge in [-0.05, 0) is 55.0 Å². The maximum Gasteiger partial charge on any atom is 0.301 e. The minimum atomic E-state index is -0.897.